The molecule has 4 nitrogen and oxygen atoms in total. The van der Waals surface area contributed by atoms with Crippen LogP contribution in [0.4, 0.5) is 0 Å². The molecular weight excluding hydrogens is 223 g/mol. The first-order valence-electron chi connectivity index (χ1n) is 0.651. The molecule has 0 spiro atoms. The summed E-state index contributed by atoms with van der Waals surface area (Å²) in [5, 5.41) is 0. The Morgan fingerprint density at radius 1 is 1.29 bits per heavy atom. The molecule has 7 heavy (non-hydrogen) atoms. The summed E-state index contributed by atoms with van der Waals surface area (Å²) in [5.41, 5.74) is 0. The smallest absolute Gasteiger partial charge is 0 e. The summed E-state index contributed by atoms with van der Waals surface area (Å²) >= 11 is 0. The zero-order valence-corrected chi connectivity index (χ0v) is 6.26. The first-order chi connectivity index (χ1) is 1.73. The third-order valence-electron chi connectivity index (χ3n) is 0. The minimum absolute atomic E-state index is 0. The quantitative estimate of drug-likeness (QED) is 0.425. The Balaban J connectivity index is -0.0000000150. The molecule has 40 valence electrons. The molecule has 0 heterocycles. The molecule has 0 amide bonds. The molecule has 0 radical (unpaired) electrons. The molecule has 0 rings (SSSR count). The third kappa shape index (κ3) is 85.4. The third-order valence-corrected chi connectivity index (χ3v) is 0. The van der Waals surface area contributed by atoms with Gasteiger partial charge in [0, 0.05) is 26.2 Å². The van der Waals surface area contributed by atoms with Crippen molar-refractivity contribution >= 4 is 46.9 Å². The van der Waals surface area contributed by atoms with Crippen molar-refractivity contribution in [3.05, 3.63) is 0 Å². The van der Waals surface area contributed by atoms with Crippen molar-refractivity contribution < 1.29 is 45.7 Å². The van der Waals surface area contributed by atoms with Gasteiger partial charge in [0.2, 0.25) is 0 Å². The Morgan fingerprint density at radius 2 is 1.29 bits per heavy atom. The van der Waals surface area contributed by atoms with E-state index >= 15 is 0 Å². The Bertz CT molecular complexity index is 34.7. The van der Waals surface area contributed by atoms with Gasteiger partial charge in [-0.05, 0) is 0 Å². The average molecular weight is 229 g/mol. The van der Waals surface area contributed by atoms with Crippen molar-refractivity contribution in [1.29, 1.82) is 0 Å². The Kier molecular flexibility index (Phi) is 52.1. The molecule has 0 saturated heterocycles. The topological polar surface area (TPSA) is 89.0 Å². The second-order valence-electron chi connectivity index (χ2n) is 0.283. The van der Waals surface area contributed by atoms with Gasteiger partial charge in [-0.25, -0.2) is 0 Å². The zero-order chi connectivity index (χ0) is 3.58. The van der Waals surface area contributed by atoms with Gasteiger partial charge in [-0.15, -0.1) is 0 Å². The standard InChI is InChI=1S/Ca.H2O3Si.H2O.Zr.2H/c;1-4(2)3;;;;/h;1-2H;1H2;;;. The van der Waals surface area contributed by atoms with E-state index in [1.807, 2.05) is 0 Å². The van der Waals surface area contributed by atoms with E-state index in [1.54, 1.807) is 0 Å². The van der Waals surface area contributed by atoms with Crippen LogP contribution in [-0.4, -0.2) is 62.0 Å². The van der Waals surface area contributed by atoms with E-state index in [0.717, 1.165) is 0 Å². The maximum absolute atomic E-state index is 8.74. The second kappa shape index (κ2) is 15.6. The molecular formula is H6CaO4SiZr. The van der Waals surface area contributed by atoms with Crippen LogP contribution in [0.5, 0.6) is 0 Å². The van der Waals surface area contributed by atoms with Crippen LogP contribution in [0.15, 0.2) is 0 Å². The summed E-state index contributed by atoms with van der Waals surface area (Å²) in [5.74, 6) is 0. The summed E-state index contributed by atoms with van der Waals surface area (Å²) in [6.07, 6.45) is 0. The van der Waals surface area contributed by atoms with Gasteiger partial charge in [-0.3, -0.25) is 4.46 Å². The summed E-state index contributed by atoms with van der Waals surface area (Å²) in [6, 6.07) is 0. The van der Waals surface area contributed by atoms with E-state index in [1.165, 1.54) is 0 Å². The fraction of sp³-hybridized carbons (Fsp3) is 0. The first kappa shape index (κ1) is 23.3. The van der Waals surface area contributed by atoms with Gasteiger partial charge in [0.1, 0.15) is 0 Å². The Hall–Kier alpha value is 1.72. The van der Waals surface area contributed by atoms with Gasteiger partial charge < -0.3 is 15.1 Å². The summed E-state index contributed by atoms with van der Waals surface area (Å²) in [4.78, 5) is 14.3. The molecule has 0 fully saturated rings. The van der Waals surface area contributed by atoms with Crippen molar-refractivity contribution in [2.45, 2.75) is 0 Å². The number of hydrogen-bond acceptors (Lipinski definition) is 1. The maximum atomic E-state index is 8.74. The summed E-state index contributed by atoms with van der Waals surface area (Å²) < 4.78 is 8.74. The van der Waals surface area contributed by atoms with Crippen LogP contribution >= 0.6 is 0 Å². The van der Waals surface area contributed by atoms with E-state index in [4.69, 9.17) is 14.1 Å². The van der Waals surface area contributed by atoms with Crippen LogP contribution in [0.25, 0.3) is 0 Å². The first-order valence-corrected chi connectivity index (χ1v) is 1.95. The van der Waals surface area contributed by atoms with Crippen LogP contribution in [0.2, 0.25) is 0 Å². The monoisotopic (exact) mass is 228 g/mol. The van der Waals surface area contributed by atoms with Crippen molar-refractivity contribution in [2.75, 3.05) is 0 Å². The van der Waals surface area contributed by atoms with Crippen molar-refractivity contribution in [3.8, 4) is 0 Å². The largest absolute Gasteiger partial charge is 0 e. The van der Waals surface area contributed by atoms with Crippen molar-refractivity contribution in [3.63, 3.8) is 0 Å². The van der Waals surface area contributed by atoms with Crippen LogP contribution in [-0.2, 0) is 30.7 Å². The summed E-state index contributed by atoms with van der Waals surface area (Å²) in [6.45, 7) is 0. The van der Waals surface area contributed by atoms with E-state index in [-0.39, 0.29) is 69.4 Å². The predicted molar refractivity (Wildman–Crippen MR) is 23.0 cm³/mol. The van der Waals surface area contributed by atoms with Crippen molar-refractivity contribution in [1.82, 2.24) is 0 Å². The minimum atomic E-state index is -3.13. The normalized spacial score (nSPS) is 3.43. The Labute approximate surface area is 91.3 Å². The molecule has 0 unspecified atom stereocenters. The molecule has 0 aromatic carbocycles. The molecule has 0 atom stereocenters. The second-order valence-corrected chi connectivity index (χ2v) is 0.848. The molecule has 0 aliphatic heterocycles. The van der Waals surface area contributed by atoms with E-state index in [0.29, 0.717) is 0 Å². The number of hydrogen-bond donors (Lipinski definition) is 2. The van der Waals surface area contributed by atoms with Gasteiger partial charge in [-0.1, -0.05) is 0 Å². The molecule has 0 aliphatic rings. The summed E-state index contributed by atoms with van der Waals surface area (Å²) in [7, 11) is -3.13. The molecule has 0 aliphatic carbocycles. The molecule has 0 bridgehead atoms. The molecule has 4 N–H and O–H groups in total. The minimum Gasteiger partial charge on any atom is 0 e. The fourth-order valence-electron chi connectivity index (χ4n) is 0. The van der Waals surface area contributed by atoms with Crippen molar-refractivity contribution in [2.24, 2.45) is 0 Å². The molecule has 0 aromatic rings. The molecule has 0 aromatic heterocycles. The SMILES string of the molecule is O.O=[Si](O)O.[CaH2].[Zr]. The fourth-order valence-corrected chi connectivity index (χ4v) is 0. The van der Waals surface area contributed by atoms with E-state index < -0.39 is 9.17 Å². The van der Waals surface area contributed by atoms with Crippen LogP contribution in [0.3, 0.4) is 0 Å². The van der Waals surface area contributed by atoms with Crippen LogP contribution in [0.1, 0.15) is 0 Å². The van der Waals surface area contributed by atoms with Crippen LogP contribution in [0, 0.1) is 0 Å². The van der Waals surface area contributed by atoms with Gasteiger partial charge >= 0.3 is 46.9 Å². The van der Waals surface area contributed by atoms with E-state index in [2.05, 4.69) is 0 Å². The van der Waals surface area contributed by atoms with Gasteiger partial charge in [0.25, 0.3) is 0 Å². The predicted octanol–water partition coefficient (Wildman–Crippen LogP) is -3.36. The average Bonchev–Trinajstić information content (AvgIpc) is 0.811. The zero-order valence-electron chi connectivity index (χ0n) is 2.80. The maximum Gasteiger partial charge on any atom is 0 e. The Morgan fingerprint density at radius 3 is 1.29 bits per heavy atom. The van der Waals surface area contributed by atoms with E-state index in [9.17, 15) is 0 Å². The van der Waals surface area contributed by atoms with Gasteiger partial charge in [0.05, 0.1) is 0 Å². The van der Waals surface area contributed by atoms with Gasteiger partial charge in [0.15, 0.2) is 0 Å². The molecule has 0 saturated carbocycles. The molecule has 7 heteroatoms. The number of rotatable bonds is 0. The van der Waals surface area contributed by atoms with Crippen LogP contribution < -0.4 is 0 Å². The van der Waals surface area contributed by atoms with Gasteiger partial charge in [-0.2, -0.15) is 0 Å².